The molecule has 2 fully saturated rings. The first-order valence-electron chi connectivity index (χ1n) is 3.72. The van der Waals surface area contributed by atoms with Gasteiger partial charge in [0.2, 0.25) is 0 Å². The standard InChI is InChI=1S/C6H11N2O2P/c9-6-7-4-1-2-8(11)3-5(4)10-6/h4-5H,1-3,11H2,(H,7,9). The third-order valence-corrected chi connectivity index (χ3v) is 2.62. The van der Waals surface area contributed by atoms with Gasteiger partial charge in [0.1, 0.15) is 6.10 Å². The van der Waals surface area contributed by atoms with Gasteiger partial charge in [-0.05, 0) is 6.42 Å². The molecule has 5 heteroatoms. The summed E-state index contributed by atoms with van der Waals surface area (Å²) in [6.07, 6.45) is 0.786. The number of amides is 1. The number of carbonyl (C=O) groups excluding carboxylic acids is 1. The first-order chi connectivity index (χ1) is 5.25. The Bertz CT molecular complexity index is 187. The maximum atomic E-state index is 10.8. The Labute approximate surface area is 67.5 Å². The van der Waals surface area contributed by atoms with E-state index in [0.717, 1.165) is 19.5 Å². The second kappa shape index (κ2) is 2.61. The third kappa shape index (κ3) is 1.33. The smallest absolute Gasteiger partial charge is 0.407 e. The largest absolute Gasteiger partial charge is 0.443 e. The molecule has 0 bridgehead atoms. The highest BCUT2D eigenvalue weighted by molar-refractivity contribution is 7.13. The first kappa shape index (κ1) is 7.32. The summed E-state index contributed by atoms with van der Waals surface area (Å²) >= 11 is 0. The lowest BCUT2D eigenvalue weighted by molar-refractivity contribution is 0.102. The number of nitrogens with zero attached hydrogens (tertiary/aromatic N) is 1. The van der Waals surface area contributed by atoms with Gasteiger partial charge in [-0.1, -0.05) is 9.39 Å². The topological polar surface area (TPSA) is 41.6 Å². The molecule has 0 spiro atoms. The number of carbonyl (C=O) groups is 1. The van der Waals surface area contributed by atoms with E-state index in [-0.39, 0.29) is 18.2 Å². The Morgan fingerprint density at radius 2 is 2.55 bits per heavy atom. The van der Waals surface area contributed by atoms with Crippen LogP contribution in [0.2, 0.25) is 0 Å². The van der Waals surface area contributed by atoms with Gasteiger partial charge in [0.25, 0.3) is 0 Å². The second-order valence-electron chi connectivity index (χ2n) is 2.98. The van der Waals surface area contributed by atoms with Crippen LogP contribution in [-0.2, 0) is 4.74 Å². The zero-order valence-corrected chi connectivity index (χ0v) is 7.27. The van der Waals surface area contributed by atoms with Crippen molar-refractivity contribution in [3.8, 4) is 0 Å². The van der Waals surface area contributed by atoms with Crippen molar-refractivity contribution in [3.63, 3.8) is 0 Å². The minimum absolute atomic E-state index is 0.0637. The number of fused-ring (bicyclic) bond motifs is 1. The van der Waals surface area contributed by atoms with E-state index in [9.17, 15) is 4.79 Å². The normalized spacial score (nSPS) is 37.7. The SMILES string of the molecule is O=C1NC2CCN(P)CC2O1. The fraction of sp³-hybridized carbons (Fsp3) is 0.833. The lowest BCUT2D eigenvalue weighted by Gasteiger charge is -2.29. The minimum Gasteiger partial charge on any atom is -0.443 e. The fourth-order valence-electron chi connectivity index (χ4n) is 1.55. The minimum atomic E-state index is -0.264. The summed E-state index contributed by atoms with van der Waals surface area (Å²) in [5.41, 5.74) is 0. The second-order valence-corrected chi connectivity index (χ2v) is 3.71. The molecule has 3 atom stereocenters. The van der Waals surface area contributed by atoms with Crippen LogP contribution in [0.4, 0.5) is 4.79 Å². The Balaban J connectivity index is 2.02. The van der Waals surface area contributed by atoms with Gasteiger partial charge in [0, 0.05) is 13.1 Å². The number of ether oxygens (including phenoxy) is 1. The van der Waals surface area contributed by atoms with Gasteiger partial charge in [-0.15, -0.1) is 0 Å². The van der Waals surface area contributed by atoms with Crippen LogP contribution in [0, 0.1) is 0 Å². The van der Waals surface area contributed by atoms with E-state index in [1.54, 1.807) is 0 Å². The van der Waals surface area contributed by atoms with Crippen molar-refractivity contribution in [2.75, 3.05) is 13.1 Å². The van der Waals surface area contributed by atoms with Crippen molar-refractivity contribution < 1.29 is 9.53 Å². The van der Waals surface area contributed by atoms with Crippen LogP contribution >= 0.6 is 9.39 Å². The molecule has 1 N–H and O–H groups in total. The fourth-order valence-corrected chi connectivity index (χ4v) is 1.90. The Kier molecular flexibility index (Phi) is 1.74. The lowest BCUT2D eigenvalue weighted by atomic mass is 10.1. The average molecular weight is 174 g/mol. The van der Waals surface area contributed by atoms with Crippen LogP contribution in [0.1, 0.15) is 6.42 Å². The van der Waals surface area contributed by atoms with E-state index in [1.165, 1.54) is 0 Å². The van der Waals surface area contributed by atoms with Crippen molar-refractivity contribution in [1.82, 2.24) is 9.99 Å². The van der Waals surface area contributed by atoms with Crippen LogP contribution in [0.5, 0.6) is 0 Å². The number of hydrogen-bond donors (Lipinski definition) is 1. The van der Waals surface area contributed by atoms with Crippen molar-refractivity contribution in [2.45, 2.75) is 18.6 Å². The van der Waals surface area contributed by atoms with E-state index in [1.807, 2.05) is 0 Å². The number of nitrogens with one attached hydrogen (secondary N) is 1. The van der Waals surface area contributed by atoms with Gasteiger partial charge in [-0.3, -0.25) is 4.67 Å². The molecule has 62 valence electrons. The van der Waals surface area contributed by atoms with Gasteiger partial charge < -0.3 is 10.1 Å². The van der Waals surface area contributed by atoms with Crippen molar-refractivity contribution in [3.05, 3.63) is 0 Å². The number of alkyl carbamates (subject to hydrolysis) is 1. The summed E-state index contributed by atoms with van der Waals surface area (Å²) in [7, 11) is 2.63. The monoisotopic (exact) mass is 174 g/mol. The average Bonchev–Trinajstić information content (AvgIpc) is 2.27. The summed E-state index contributed by atoms with van der Waals surface area (Å²) in [6.45, 7) is 1.84. The molecule has 0 radical (unpaired) electrons. The molecular formula is C6H11N2O2P. The Hall–Kier alpha value is -0.340. The number of hydrogen-bond acceptors (Lipinski definition) is 3. The molecule has 0 aromatic rings. The third-order valence-electron chi connectivity index (χ3n) is 2.15. The van der Waals surface area contributed by atoms with Crippen LogP contribution in [0.25, 0.3) is 0 Å². The van der Waals surface area contributed by atoms with Crippen molar-refractivity contribution >= 4 is 15.5 Å². The maximum absolute atomic E-state index is 10.8. The molecule has 11 heavy (non-hydrogen) atoms. The summed E-state index contributed by atoms with van der Waals surface area (Å²) < 4.78 is 7.13. The highest BCUT2D eigenvalue weighted by Crippen LogP contribution is 2.20. The lowest BCUT2D eigenvalue weighted by Crippen LogP contribution is -2.44. The van der Waals surface area contributed by atoms with Crippen LogP contribution in [0.15, 0.2) is 0 Å². The summed E-state index contributed by atoms with van der Waals surface area (Å²) in [5.74, 6) is 0. The molecule has 4 nitrogen and oxygen atoms in total. The Morgan fingerprint density at radius 1 is 1.73 bits per heavy atom. The molecule has 0 aliphatic carbocycles. The summed E-state index contributed by atoms with van der Waals surface area (Å²) in [6, 6.07) is 0.249. The van der Waals surface area contributed by atoms with Crippen LogP contribution in [-0.4, -0.2) is 36.0 Å². The van der Waals surface area contributed by atoms with Crippen molar-refractivity contribution in [1.29, 1.82) is 0 Å². The molecule has 2 saturated heterocycles. The predicted molar refractivity (Wildman–Crippen MR) is 43.1 cm³/mol. The van der Waals surface area contributed by atoms with E-state index >= 15 is 0 Å². The highest BCUT2D eigenvalue weighted by atomic mass is 31.0. The van der Waals surface area contributed by atoms with Gasteiger partial charge in [-0.25, -0.2) is 4.79 Å². The molecule has 1 amide bonds. The van der Waals surface area contributed by atoms with Crippen LogP contribution < -0.4 is 5.32 Å². The maximum Gasteiger partial charge on any atom is 0.407 e. The number of rotatable bonds is 0. The van der Waals surface area contributed by atoms with Crippen LogP contribution in [0.3, 0.4) is 0 Å². The first-order valence-corrected chi connectivity index (χ1v) is 4.24. The summed E-state index contributed by atoms with van der Waals surface area (Å²) in [4.78, 5) is 10.8. The molecular weight excluding hydrogens is 163 g/mol. The van der Waals surface area contributed by atoms with Gasteiger partial charge >= 0.3 is 6.09 Å². The molecule has 2 heterocycles. The van der Waals surface area contributed by atoms with Gasteiger partial charge in [0.05, 0.1) is 6.04 Å². The van der Waals surface area contributed by atoms with E-state index in [0.29, 0.717) is 0 Å². The molecule has 0 aromatic carbocycles. The quantitative estimate of drug-likeness (QED) is 0.524. The molecule has 3 unspecified atom stereocenters. The summed E-state index contributed by atoms with van der Waals surface area (Å²) in [5, 5.41) is 2.78. The Morgan fingerprint density at radius 3 is 3.36 bits per heavy atom. The highest BCUT2D eigenvalue weighted by Gasteiger charge is 2.37. The molecule has 0 saturated carbocycles. The number of piperidine rings is 1. The molecule has 2 aliphatic heterocycles. The predicted octanol–water partition coefficient (Wildman–Crippen LogP) is -0.0408. The molecule has 2 rings (SSSR count). The van der Waals surface area contributed by atoms with E-state index in [2.05, 4.69) is 19.4 Å². The van der Waals surface area contributed by atoms with Gasteiger partial charge in [-0.2, -0.15) is 0 Å². The zero-order valence-electron chi connectivity index (χ0n) is 6.12. The van der Waals surface area contributed by atoms with E-state index < -0.39 is 0 Å². The van der Waals surface area contributed by atoms with E-state index in [4.69, 9.17) is 4.74 Å². The zero-order chi connectivity index (χ0) is 7.84. The van der Waals surface area contributed by atoms with Gasteiger partial charge in [0.15, 0.2) is 0 Å². The van der Waals surface area contributed by atoms with Crippen molar-refractivity contribution in [2.24, 2.45) is 0 Å². The molecule has 2 aliphatic rings. The molecule has 0 aromatic heterocycles.